The van der Waals surface area contributed by atoms with Crippen LogP contribution in [-0.4, -0.2) is 25.6 Å². The first-order valence-electron chi connectivity index (χ1n) is 10.5. The molecule has 168 valence electrons. The molecule has 5 rings (SSSR count). The van der Waals surface area contributed by atoms with Crippen LogP contribution in [0.25, 0.3) is 33.9 Å². The first-order chi connectivity index (χ1) is 16.6. The van der Waals surface area contributed by atoms with Gasteiger partial charge in [0.25, 0.3) is 11.4 Å². The molecule has 0 aliphatic carbocycles. The van der Waals surface area contributed by atoms with Gasteiger partial charge >= 0.3 is 0 Å². The van der Waals surface area contributed by atoms with Crippen molar-refractivity contribution in [2.45, 2.75) is 13.1 Å². The van der Waals surface area contributed by atoms with E-state index < -0.39 is 17.3 Å². The van der Waals surface area contributed by atoms with Gasteiger partial charge in [-0.3, -0.25) is 19.1 Å². The van der Waals surface area contributed by atoms with E-state index in [1.165, 1.54) is 16.7 Å². The summed E-state index contributed by atoms with van der Waals surface area (Å²) in [6.45, 7) is -0.203. The maximum Gasteiger partial charge on any atom is 0.259 e. The highest BCUT2D eigenvalue weighted by Crippen LogP contribution is 2.27. The summed E-state index contributed by atoms with van der Waals surface area (Å²) < 4.78 is 20.6. The van der Waals surface area contributed by atoms with E-state index in [2.05, 4.69) is 20.4 Å². The van der Waals surface area contributed by atoms with E-state index in [-0.39, 0.29) is 19.0 Å². The van der Waals surface area contributed by atoms with Gasteiger partial charge in [-0.15, -0.1) is 0 Å². The van der Waals surface area contributed by atoms with Crippen molar-refractivity contribution in [2.75, 3.05) is 0 Å². The van der Waals surface area contributed by atoms with Crippen molar-refractivity contribution in [1.29, 1.82) is 0 Å². The van der Waals surface area contributed by atoms with Crippen molar-refractivity contribution in [3.8, 4) is 23.0 Å². The number of halogens is 1. The molecule has 0 radical (unpaired) electrons. The van der Waals surface area contributed by atoms with Crippen molar-refractivity contribution in [3.05, 3.63) is 101 Å². The summed E-state index contributed by atoms with van der Waals surface area (Å²) in [5, 5.41) is 7.31. The molecule has 2 aromatic carbocycles. The van der Waals surface area contributed by atoms with Crippen molar-refractivity contribution >= 4 is 16.8 Å². The van der Waals surface area contributed by atoms with Gasteiger partial charge in [-0.25, -0.2) is 4.39 Å². The fraction of sp³-hybridized carbons (Fsp3) is 0.0800. The molecule has 0 bridgehead atoms. The summed E-state index contributed by atoms with van der Waals surface area (Å²) in [5.74, 6) is -0.348. The van der Waals surface area contributed by atoms with E-state index in [4.69, 9.17) is 4.52 Å². The molecule has 3 aromatic heterocycles. The standard InChI is InChI=1S/C25H18FN5O3/c26-19-9-3-1-7-16(19)14-28-22(32)15-31-21-11-4-2-8-17(21)18(13-23(31)33)25-29-24(30-34-25)20-10-5-6-12-27-20/h1-13H,14-15H2,(H,28,32). The van der Waals surface area contributed by atoms with Crippen molar-refractivity contribution < 1.29 is 13.7 Å². The molecular formula is C25H18FN5O3. The number of nitrogens with zero attached hydrogens (tertiary/aromatic N) is 4. The van der Waals surface area contributed by atoms with Crippen LogP contribution < -0.4 is 10.9 Å². The fourth-order valence-electron chi connectivity index (χ4n) is 3.64. The monoisotopic (exact) mass is 455 g/mol. The van der Waals surface area contributed by atoms with Crippen molar-refractivity contribution in [3.63, 3.8) is 0 Å². The minimum absolute atomic E-state index is 0.0224. The third kappa shape index (κ3) is 4.18. The number of amides is 1. The molecular weight excluding hydrogens is 437 g/mol. The van der Waals surface area contributed by atoms with Crippen LogP contribution >= 0.6 is 0 Å². The summed E-state index contributed by atoms with van der Waals surface area (Å²) in [5.41, 5.74) is 1.49. The SMILES string of the molecule is O=C(Cn1c(=O)cc(-c2nc(-c3ccccn3)no2)c2ccccc21)NCc1ccccc1F. The second kappa shape index (κ2) is 9.07. The number of hydrogen-bond donors (Lipinski definition) is 1. The van der Waals surface area contributed by atoms with Crippen LogP contribution in [0.2, 0.25) is 0 Å². The Labute approximate surface area is 192 Å². The van der Waals surface area contributed by atoms with Crippen LogP contribution in [0.3, 0.4) is 0 Å². The van der Waals surface area contributed by atoms with Crippen LogP contribution in [0, 0.1) is 5.82 Å². The van der Waals surface area contributed by atoms with Gasteiger partial charge in [0.05, 0.1) is 11.1 Å². The predicted octanol–water partition coefficient (Wildman–Crippen LogP) is 3.57. The normalized spacial score (nSPS) is 11.0. The van der Waals surface area contributed by atoms with E-state index in [0.717, 1.165) is 0 Å². The molecule has 9 heteroatoms. The Balaban J connectivity index is 1.45. The lowest BCUT2D eigenvalue weighted by molar-refractivity contribution is -0.121. The van der Waals surface area contributed by atoms with Gasteiger partial charge in [0.2, 0.25) is 11.7 Å². The highest BCUT2D eigenvalue weighted by atomic mass is 19.1. The van der Waals surface area contributed by atoms with Gasteiger partial charge in [0.1, 0.15) is 18.1 Å². The molecule has 1 N–H and O–H groups in total. The third-order valence-corrected chi connectivity index (χ3v) is 5.30. The largest absolute Gasteiger partial charge is 0.350 e. The van der Waals surface area contributed by atoms with Gasteiger partial charge < -0.3 is 9.84 Å². The summed E-state index contributed by atoms with van der Waals surface area (Å²) in [6.07, 6.45) is 1.62. The lowest BCUT2D eigenvalue weighted by Crippen LogP contribution is -2.32. The molecule has 5 aromatic rings. The molecule has 0 fully saturated rings. The van der Waals surface area contributed by atoms with Crippen LogP contribution in [0.15, 0.2) is 88.3 Å². The number of carbonyl (C=O) groups is 1. The molecule has 8 nitrogen and oxygen atoms in total. The average Bonchev–Trinajstić information content (AvgIpc) is 3.36. The molecule has 0 atom stereocenters. The molecule has 0 aliphatic rings. The molecule has 0 saturated heterocycles. The molecule has 0 saturated carbocycles. The molecule has 1 amide bonds. The number of nitrogens with one attached hydrogen (secondary N) is 1. The number of pyridine rings is 2. The van der Waals surface area contributed by atoms with Gasteiger partial charge in [0.15, 0.2) is 0 Å². The van der Waals surface area contributed by atoms with E-state index >= 15 is 0 Å². The molecule has 0 aliphatic heterocycles. The lowest BCUT2D eigenvalue weighted by Gasteiger charge is -2.12. The predicted molar refractivity (Wildman–Crippen MR) is 123 cm³/mol. The molecule has 3 heterocycles. The summed E-state index contributed by atoms with van der Waals surface area (Å²) in [6, 6.07) is 20.0. The van der Waals surface area contributed by atoms with Crippen LogP contribution in [0.1, 0.15) is 5.56 Å². The Morgan fingerprint density at radius 2 is 1.82 bits per heavy atom. The first kappa shape index (κ1) is 21.2. The maximum atomic E-state index is 13.8. The van der Waals surface area contributed by atoms with E-state index in [1.807, 2.05) is 18.2 Å². The second-order valence-corrected chi connectivity index (χ2v) is 7.51. The highest BCUT2D eigenvalue weighted by Gasteiger charge is 2.18. The summed E-state index contributed by atoms with van der Waals surface area (Å²) in [4.78, 5) is 34.2. The van der Waals surface area contributed by atoms with Crippen LogP contribution in [-0.2, 0) is 17.9 Å². The van der Waals surface area contributed by atoms with E-state index in [1.54, 1.807) is 48.7 Å². The minimum atomic E-state index is -0.418. The highest BCUT2D eigenvalue weighted by molar-refractivity contribution is 5.93. The Bertz CT molecular complexity index is 1550. The zero-order valence-electron chi connectivity index (χ0n) is 17.8. The summed E-state index contributed by atoms with van der Waals surface area (Å²) >= 11 is 0. The fourth-order valence-corrected chi connectivity index (χ4v) is 3.64. The topological polar surface area (TPSA) is 103 Å². The maximum absolute atomic E-state index is 13.8. The van der Waals surface area contributed by atoms with E-state index in [0.29, 0.717) is 33.5 Å². The Hall–Kier alpha value is -4.66. The zero-order valence-corrected chi connectivity index (χ0v) is 17.8. The molecule has 0 unspecified atom stereocenters. The van der Waals surface area contributed by atoms with Crippen molar-refractivity contribution in [2.24, 2.45) is 0 Å². The Morgan fingerprint density at radius 3 is 2.65 bits per heavy atom. The van der Waals surface area contributed by atoms with Crippen LogP contribution in [0.5, 0.6) is 0 Å². The number of carbonyl (C=O) groups excluding carboxylic acids is 1. The average molecular weight is 455 g/mol. The van der Waals surface area contributed by atoms with Gasteiger partial charge in [-0.1, -0.05) is 47.6 Å². The van der Waals surface area contributed by atoms with Gasteiger partial charge in [-0.2, -0.15) is 4.98 Å². The third-order valence-electron chi connectivity index (χ3n) is 5.30. The second-order valence-electron chi connectivity index (χ2n) is 7.51. The van der Waals surface area contributed by atoms with Gasteiger partial charge in [-0.05, 0) is 24.3 Å². The van der Waals surface area contributed by atoms with E-state index in [9.17, 15) is 14.0 Å². The minimum Gasteiger partial charge on any atom is -0.350 e. The zero-order chi connectivity index (χ0) is 23.5. The van der Waals surface area contributed by atoms with Gasteiger partial charge in [0, 0.05) is 29.8 Å². The number of aromatic nitrogens is 4. The smallest absolute Gasteiger partial charge is 0.259 e. The first-order valence-corrected chi connectivity index (χ1v) is 10.5. The molecule has 0 spiro atoms. The number of para-hydroxylation sites is 1. The lowest BCUT2D eigenvalue weighted by atomic mass is 10.1. The molecule has 34 heavy (non-hydrogen) atoms. The van der Waals surface area contributed by atoms with Crippen molar-refractivity contribution in [1.82, 2.24) is 25.0 Å². The number of hydrogen-bond acceptors (Lipinski definition) is 6. The number of benzene rings is 2. The quantitative estimate of drug-likeness (QED) is 0.420. The Morgan fingerprint density at radius 1 is 1.03 bits per heavy atom. The van der Waals surface area contributed by atoms with Crippen LogP contribution in [0.4, 0.5) is 4.39 Å². The number of rotatable bonds is 6. The Kier molecular flexibility index (Phi) is 5.65. The number of fused-ring (bicyclic) bond motifs is 1. The summed E-state index contributed by atoms with van der Waals surface area (Å²) in [7, 11) is 0.